The molecule has 2 aromatic heterocycles. The Morgan fingerprint density at radius 3 is 2.86 bits per heavy atom. The van der Waals surface area contributed by atoms with Gasteiger partial charge in [0.1, 0.15) is 12.1 Å². The van der Waals surface area contributed by atoms with E-state index in [0.29, 0.717) is 35.0 Å². The van der Waals surface area contributed by atoms with Crippen LogP contribution in [-0.4, -0.2) is 33.2 Å². The summed E-state index contributed by atoms with van der Waals surface area (Å²) >= 11 is 0. The molecule has 8 heteroatoms. The van der Waals surface area contributed by atoms with E-state index in [2.05, 4.69) is 37.7 Å². The summed E-state index contributed by atoms with van der Waals surface area (Å²) in [6.07, 6.45) is 3.14. The minimum Gasteiger partial charge on any atom is -0.396 e. The maximum absolute atomic E-state index is 9.63. The van der Waals surface area contributed by atoms with Crippen molar-refractivity contribution in [3.63, 3.8) is 0 Å². The van der Waals surface area contributed by atoms with Gasteiger partial charge < -0.3 is 15.7 Å². The second-order valence-corrected chi connectivity index (χ2v) is 6.72. The fourth-order valence-corrected chi connectivity index (χ4v) is 3.34. The van der Waals surface area contributed by atoms with Crippen molar-refractivity contribution in [2.45, 2.75) is 12.8 Å². The highest BCUT2D eigenvalue weighted by molar-refractivity contribution is 5.75. The summed E-state index contributed by atoms with van der Waals surface area (Å²) in [4.78, 5) is 13.0. The molecule has 0 aliphatic carbocycles. The van der Waals surface area contributed by atoms with Crippen LogP contribution in [0.5, 0.6) is 0 Å². The van der Waals surface area contributed by atoms with Gasteiger partial charge in [0.05, 0.1) is 40.5 Å². The van der Waals surface area contributed by atoms with E-state index in [0.717, 1.165) is 22.5 Å². The Balaban J connectivity index is 1.72. The molecule has 3 N–H and O–H groups in total. The van der Waals surface area contributed by atoms with Crippen molar-refractivity contribution in [3.8, 4) is 23.4 Å². The number of aryl methyl sites for hydroxylation is 1. The number of benzene rings is 1. The lowest BCUT2D eigenvalue weighted by Crippen LogP contribution is -2.06. The minimum absolute atomic E-state index is 0.00636. The quantitative estimate of drug-likeness (QED) is 0.627. The highest BCUT2D eigenvalue weighted by Gasteiger charge is 2.25. The number of aliphatic hydroxyl groups is 1. The highest BCUT2D eigenvalue weighted by atomic mass is 16.3. The van der Waals surface area contributed by atoms with Crippen LogP contribution in [0.1, 0.15) is 28.3 Å². The van der Waals surface area contributed by atoms with E-state index in [4.69, 9.17) is 5.26 Å². The van der Waals surface area contributed by atoms with E-state index in [1.807, 2.05) is 13.0 Å². The van der Waals surface area contributed by atoms with Gasteiger partial charge in [0, 0.05) is 30.4 Å². The molecule has 0 amide bonds. The smallest absolute Gasteiger partial charge is 0.227 e. The van der Waals surface area contributed by atoms with Gasteiger partial charge in [0.25, 0.3) is 0 Å². The normalized spacial score (nSPS) is 14.4. The van der Waals surface area contributed by atoms with Crippen LogP contribution in [0, 0.1) is 29.6 Å². The summed E-state index contributed by atoms with van der Waals surface area (Å²) in [5.74, 6) is 0.303. The van der Waals surface area contributed by atoms with Crippen LogP contribution >= 0.6 is 0 Å². The summed E-state index contributed by atoms with van der Waals surface area (Å²) < 4.78 is 0. The molecular weight excluding hydrogens is 366 g/mol. The predicted molar refractivity (Wildman–Crippen MR) is 107 cm³/mol. The molecule has 4 rings (SSSR count). The first-order valence-electron chi connectivity index (χ1n) is 9.03. The zero-order valence-corrected chi connectivity index (χ0v) is 15.6. The molecule has 0 saturated carbocycles. The molecule has 3 heterocycles. The fraction of sp³-hybridized carbons (Fsp3) is 0.190. The van der Waals surface area contributed by atoms with Gasteiger partial charge in [-0.1, -0.05) is 0 Å². The van der Waals surface area contributed by atoms with Crippen molar-refractivity contribution >= 4 is 17.3 Å². The topological polar surface area (TPSA) is 131 Å². The first-order valence-corrected chi connectivity index (χ1v) is 9.03. The number of rotatable bonds is 4. The number of aliphatic hydroxyl groups excluding tert-OH is 1. The van der Waals surface area contributed by atoms with Gasteiger partial charge in [0.15, 0.2) is 0 Å². The van der Waals surface area contributed by atoms with Gasteiger partial charge in [-0.15, -0.1) is 0 Å². The fourth-order valence-electron chi connectivity index (χ4n) is 3.34. The number of nitriles is 2. The molecule has 1 aromatic carbocycles. The van der Waals surface area contributed by atoms with Gasteiger partial charge in [-0.05, 0) is 36.8 Å². The summed E-state index contributed by atoms with van der Waals surface area (Å²) in [5.41, 5.74) is 5.43. The van der Waals surface area contributed by atoms with Gasteiger partial charge in [-0.2, -0.15) is 10.5 Å². The number of aromatic nitrogens is 3. The van der Waals surface area contributed by atoms with Gasteiger partial charge in [-0.25, -0.2) is 9.97 Å². The van der Waals surface area contributed by atoms with E-state index < -0.39 is 0 Å². The first kappa shape index (κ1) is 18.4. The molecule has 0 bridgehead atoms. The second-order valence-electron chi connectivity index (χ2n) is 6.72. The molecule has 3 aromatic rings. The van der Waals surface area contributed by atoms with Crippen LogP contribution < -0.4 is 10.6 Å². The number of hydrogen-bond donors (Lipinski definition) is 3. The van der Waals surface area contributed by atoms with Gasteiger partial charge in [0.2, 0.25) is 5.95 Å². The SMILES string of the molecule is Cc1ncc(C#N)cc1Nc1nccc(-c2cc(C#N)c3c(c2)C(CO)CN3)n1. The van der Waals surface area contributed by atoms with Crippen LogP contribution in [0.3, 0.4) is 0 Å². The lowest BCUT2D eigenvalue weighted by Gasteiger charge is -2.11. The van der Waals surface area contributed by atoms with Gasteiger partial charge in [-0.3, -0.25) is 4.98 Å². The number of hydrogen-bond acceptors (Lipinski definition) is 8. The Kier molecular flexibility index (Phi) is 4.78. The number of pyridine rings is 1. The molecule has 1 aliphatic rings. The first-order chi connectivity index (χ1) is 14.1. The maximum atomic E-state index is 9.63. The van der Waals surface area contributed by atoms with Crippen LogP contribution in [0.15, 0.2) is 36.7 Å². The molecule has 1 aliphatic heterocycles. The van der Waals surface area contributed by atoms with Crippen molar-refractivity contribution in [2.75, 3.05) is 23.8 Å². The zero-order valence-electron chi connectivity index (χ0n) is 15.6. The predicted octanol–water partition coefficient (Wildman–Crippen LogP) is 2.84. The zero-order chi connectivity index (χ0) is 20.4. The molecule has 0 fully saturated rings. The third kappa shape index (κ3) is 3.45. The standard InChI is InChI=1S/C21H17N7O/c1-12-19(4-13(7-22)9-25-12)28-21-24-3-2-18(27-21)14-5-15(8-23)20-17(6-14)16(11-29)10-26-20/h2-6,9,16,26,29H,10-11H2,1H3,(H,24,27,28). The van der Waals surface area contributed by atoms with Crippen molar-refractivity contribution in [2.24, 2.45) is 0 Å². The second kappa shape index (κ2) is 7.55. The van der Waals surface area contributed by atoms with Crippen LogP contribution in [0.2, 0.25) is 0 Å². The largest absolute Gasteiger partial charge is 0.396 e. The molecular formula is C21H17N7O. The van der Waals surface area contributed by atoms with E-state index in [1.165, 1.54) is 6.20 Å². The van der Waals surface area contributed by atoms with Crippen molar-refractivity contribution in [1.82, 2.24) is 15.0 Å². The molecule has 1 unspecified atom stereocenters. The van der Waals surface area contributed by atoms with E-state index in [1.54, 1.807) is 24.4 Å². The number of anilines is 3. The Morgan fingerprint density at radius 2 is 2.10 bits per heavy atom. The average Bonchev–Trinajstić information content (AvgIpc) is 3.18. The van der Waals surface area contributed by atoms with Crippen molar-refractivity contribution in [1.29, 1.82) is 10.5 Å². The molecule has 142 valence electrons. The maximum Gasteiger partial charge on any atom is 0.227 e. The van der Waals surface area contributed by atoms with E-state index in [-0.39, 0.29) is 12.5 Å². The Labute approximate surface area is 167 Å². The Bertz CT molecular complexity index is 1180. The van der Waals surface area contributed by atoms with E-state index in [9.17, 15) is 10.4 Å². The van der Waals surface area contributed by atoms with Crippen molar-refractivity contribution < 1.29 is 5.11 Å². The molecule has 1 atom stereocenters. The summed E-state index contributed by atoms with van der Waals surface area (Å²) in [7, 11) is 0. The van der Waals surface area contributed by atoms with Crippen LogP contribution in [0.25, 0.3) is 11.3 Å². The third-order valence-electron chi connectivity index (χ3n) is 4.89. The number of nitrogens with zero attached hydrogens (tertiary/aromatic N) is 5. The summed E-state index contributed by atoms with van der Waals surface area (Å²) in [6, 6.07) is 11.5. The highest BCUT2D eigenvalue weighted by Crippen LogP contribution is 2.37. The Hall–Kier alpha value is -4.01. The minimum atomic E-state index is -0.0565. The number of nitrogens with one attached hydrogen (secondary N) is 2. The van der Waals surface area contributed by atoms with E-state index >= 15 is 0 Å². The van der Waals surface area contributed by atoms with Crippen LogP contribution in [0.4, 0.5) is 17.3 Å². The van der Waals surface area contributed by atoms with Crippen LogP contribution in [-0.2, 0) is 0 Å². The summed E-state index contributed by atoms with van der Waals surface area (Å²) in [6.45, 7) is 2.43. The lowest BCUT2D eigenvalue weighted by molar-refractivity contribution is 0.273. The third-order valence-corrected chi connectivity index (χ3v) is 4.89. The molecule has 0 spiro atoms. The van der Waals surface area contributed by atoms with Crippen molar-refractivity contribution in [3.05, 3.63) is 59.0 Å². The molecule has 29 heavy (non-hydrogen) atoms. The summed E-state index contributed by atoms with van der Waals surface area (Å²) in [5, 5.41) is 34.5. The lowest BCUT2D eigenvalue weighted by atomic mass is 9.96. The average molecular weight is 383 g/mol. The number of fused-ring (bicyclic) bond motifs is 1. The molecule has 0 radical (unpaired) electrons. The van der Waals surface area contributed by atoms with Gasteiger partial charge >= 0.3 is 0 Å². The molecule has 0 saturated heterocycles. The monoisotopic (exact) mass is 383 g/mol. The molecule has 8 nitrogen and oxygen atoms in total. The Morgan fingerprint density at radius 1 is 1.24 bits per heavy atom.